The SMILES string of the molecule is N/C(=N/O)c1cccnc1Sc1ncns1. The summed E-state index contributed by atoms with van der Waals surface area (Å²) in [6.07, 6.45) is 3.11. The van der Waals surface area contributed by atoms with Crippen molar-refractivity contribution in [3.8, 4) is 0 Å². The van der Waals surface area contributed by atoms with Crippen molar-refractivity contribution >= 4 is 29.1 Å². The Morgan fingerprint density at radius 2 is 2.38 bits per heavy atom. The van der Waals surface area contributed by atoms with Crippen LogP contribution in [-0.4, -0.2) is 25.4 Å². The van der Waals surface area contributed by atoms with E-state index in [9.17, 15) is 0 Å². The molecule has 0 amide bonds. The predicted octanol–water partition coefficient (Wildman–Crippen LogP) is 1.18. The number of pyridine rings is 1. The van der Waals surface area contributed by atoms with E-state index in [1.165, 1.54) is 29.6 Å². The number of hydrogen-bond donors (Lipinski definition) is 2. The lowest BCUT2D eigenvalue weighted by Gasteiger charge is -2.03. The third kappa shape index (κ3) is 2.28. The minimum atomic E-state index is 0.0279. The highest BCUT2D eigenvalue weighted by Crippen LogP contribution is 2.28. The van der Waals surface area contributed by atoms with Crippen molar-refractivity contribution in [2.24, 2.45) is 10.9 Å². The second kappa shape index (κ2) is 4.90. The molecule has 0 atom stereocenters. The van der Waals surface area contributed by atoms with Gasteiger partial charge in [-0.3, -0.25) is 0 Å². The standard InChI is InChI=1S/C8H7N5OS2/c9-6(13-14)5-2-1-3-10-7(5)15-8-11-4-12-16-8/h1-4,14H,(H2,9,13). The molecular weight excluding hydrogens is 246 g/mol. The Balaban J connectivity index is 2.34. The molecular formula is C8H7N5OS2. The highest BCUT2D eigenvalue weighted by molar-refractivity contribution is 8.01. The van der Waals surface area contributed by atoms with Crippen LogP contribution >= 0.6 is 23.3 Å². The van der Waals surface area contributed by atoms with Gasteiger partial charge in [0.2, 0.25) is 0 Å². The number of nitrogens with two attached hydrogens (primary N) is 1. The molecule has 0 aliphatic heterocycles. The van der Waals surface area contributed by atoms with Crippen molar-refractivity contribution in [1.82, 2.24) is 14.3 Å². The van der Waals surface area contributed by atoms with Crippen molar-refractivity contribution < 1.29 is 5.21 Å². The van der Waals surface area contributed by atoms with Gasteiger partial charge in [0.15, 0.2) is 10.2 Å². The Morgan fingerprint density at radius 3 is 3.06 bits per heavy atom. The molecule has 8 heteroatoms. The molecule has 0 saturated heterocycles. The van der Waals surface area contributed by atoms with Gasteiger partial charge in [0.25, 0.3) is 0 Å². The van der Waals surface area contributed by atoms with E-state index in [4.69, 9.17) is 10.9 Å². The molecule has 3 N–H and O–H groups in total. The smallest absolute Gasteiger partial charge is 0.176 e. The van der Waals surface area contributed by atoms with E-state index in [1.807, 2.05) is 0 Å². The van der Waals surface area contributed by atoms with Crippen molar-refractivity contribution in [3.05, 3.63) is 30.2 Å². The molecule has 0 saturated carbocycles. The number of oxime groups is 1. The summed E-state index contributed by atoms with van der Waals surface area (Å²) < 4.78 is 4.64. The van der Waals surface area contributed by atoms with Crippen LogP contribution in [0.25, 0.3) is 0 Å². The number of rotatable bonds is 3. The van der Waals surface area contributed by atoms with Crippen LogP contribution in [0.2, 0.25) is 0 Å². The molecule has 0 radical (unpaired) electrons. The van der Waals surface area contributed by atoms with Crippen molar-refractivity contribution in [2.75, 3.05) is 0 Å². The Morgan fingerprint density at radius 1 is 1.50 bits per heavy atom. The van der Waals surface area contributed by atoms with Gasteiger partial charge in [-0.15, -0.1) is 0 Å². The predicted molar refractivity (Wildman–Crippen MR) is 60.8 cm³/mol. The minimum absolute atomic E-state index is 0.0279. The monoisotopic (exact) mass is 253 g/mol. The lowest BCUT2D eigenvalue weighted by atomic mass is 10.3. The fraction of sp³-hybridized carbons (Fsp3) is 0. The van der Waals surface area contributed by atoms with Gasteiger partial charge in [0.1, 0.15) is 11.4 Å². The van der Waals surface area contributed by atoms with Crippen LogP contribution in [0.1, 0.15) is 5.56 Å². The average molecular weight is 253 g/mol. The second-order valence-corrected chi connectivity index (χ2v) is 4.67. The molecule has 0 aliphatic carbocycles. The topological polar surface area (TPSA) is 97.3 Å². The van der Waals surface area contributed by atoms with Crippen LogP contribution in [0.3, 0.4) is 0 Å². The fourth-order valence-electron chi connectivity index (χ4n) is 1.01. The van der Waals surface area contributed by atoms with Gasteiger partial charge in [-0.2, -0.15) is 4.37 Å². The van der Waals surface area contributed by atoms with E-state index < -0.39 is 0 Å². The number of amidine groups is 1. The number of hydrogen-bond acceptors (Lipinski definition) is 7. The summed E-state index contributed by atoms with van der Waals surface area (Å²) in [6, 6.07) is 3.45. The highest BCUT2D eigenvalue weighted by atomic mass is 32.2. The molecule has 2 aromatic rings. The molecule has 0 unspecified atom stereocenters. The molecule has 16 heavy (non-hydrogen) atoms. The largest absolute Gasteiger partial charge is 0.409 e. The van der Waals surface area contributed by atoms with Crippen LogP contribution in [0.15, 0.2) is 39.2 Å². The van der Waals surface area contributed by atoms with Gasteiger partial charge in [0, 0.05) is 6.20 Å². The first-order valence-corrected chi connectivity index (χ1v) is 5.77. The van der Waals surface area contributed by atoms with Crippen molar-refractivity contribution in [1.29, 1.82) is 0 Å². The molecule has 6 nitrogen and oxygen atoms in total. The minimum Gasteiger partial charge on any atom is -0.409 e. The van der Waals surface area contributed by atoms with Crippen LogP contribution in [0.4, 0.5) is 0 Å². The third-order valence-corrected chi connectivity index (χ3v) is 3.41. The van der Waals surface area contributed by atoms with E-state index in [0.29, 0.717) is 10.6 Å². The van der Waals surface area contributed by atoms with Gasteiger partial charge in [0.05, 0.1) is 5.56 Å². The Labute approximate surface area is 99.4 Å². The molecule has 0 aliphatic rings. The van der Waals surface area contributed by atoms with Gasteiger partial charge >= 0.3 is 0 Å². The summed E-state index contributed by atoms with van der Waals surface area (Å²) in [7, 11) is 0. The van der Waals surface area contributed by atoms with Crippen LogP contribution < -0.4 is 5.73 Å². The molecule has 2 rings (SSSR count). The summed E-state index contributed by atoms with van der Waals surface area (Å²) in [6.45, 7) is 0. The zero-order valence-corrected chi connectivity index (χ0v) is 9.57. The molecule has 82 valence electrons. The first-order chi connectivity index (χ1) is 7.81. The fourth-order valence-corrected chi connectivity index (χ4v) is 2.47. The normalized spacial score (nSPS) is 11.6. The number of aromatic nitrogens is 3. The van der Waals surface area contributed by atoms with Crippen LogP contribution in [0.5, 0.6) is 0 Å². The van der Waals surface area contributed by atoms with E-state index >= 15 is 0 Å². The first kappa shape index (κ1) is 10.8. The maximum Gasteiger partial charge on any atom is 0.176 e. The average Bonchev–Trinajstić information content (AvgIpc) is 2.82. The van der Waals surface area contributed by atoms with Crippen LogP contribution in [-0.2, 0) is 0 Å². The summed E-state index contributed by atoms with van der Waals surface area (Å²) in [5.41, 5.74) is 6.11. The summed E-state index contributed by atoms with van der Waals surface area (Å²) in [4.78, 5) is 8.18. The molecule has 2 heterocycles. The molecule has 0 spiro atoms. The van der Waals surface area contributed by atoms with E-state index in [0.717, 1.165) is 4.34 Å². The van der Waals surface area contributed by atoms with Gasteiger partial charge in [-0.1, -0.05) is 5.16 Å². The van der Waals surface area contributed by atoms with E-state index in [-0.39, 0.29) is 5.84 Å². The molecule has 2 aromatic heterocycles. The maximum atomic E-state index is 8.64. The summed E-state index contributed by atoms with van der Waals surface area (Å²) in [5.74, 6) is 0.0279. The second-order valence-electron chi connectivity index (χ2n) is 2.65. The lowest BCUT2D eigenvalue weighted by molar-refractivity contribution is 0.318. The number of nitrogens with zero attached hydrogens (tertiary/aromatic N) is 4. The van der Waals surface area contributed by atoms with Gasteiger partial charge in [-0.05, 0) is 35.4 Å². The Hall–Kier alpha value is -1.67. The quantitative estimate of drug-likeness (QED) is 0.369. The van der Waals surface area contributed by atoms with E-state index in [2.05, 4.69) is 19.5 Å². The van der Waals surface area contributed by atoms with Gasteiger partial charge < -0.3 is 10.9 Å². The van der Waals surface area contributed by atoms with Crippen molar-refractivity contribution in [2.45, 2.75) is 9.37 Å². The lowest BCUT2D eigenvalue weighted by Crippen LogP contribution is -2.14. The van der Waals surface area contributed by atoms with Crippen LogP contribution in [0, 0.1) is 0 Å². The highest BCUT2D eigenvalue weighted by Gasteiger charge is 2.10. The van der Waals surface area contributed by atoms with Gasteiger partial charge in [-0.25, -0.2) is 9.97 Å². The molecule has 0 fully saturated rings. The first-order valence-electron chi connectivity index (χ1n) is 4.18. The van der Waals surface area contributed by atoms with E-state index in [1.54, 1.807) is 18.3 Å². The zero-order valence-electron chi connectivity index (χ0n) is 7.94. The zero-order chi connectivity index (χ0) is 11.4. The molecule has 0 aromatic carbocycles. The Kier molecular flexibility index (Phi) is 3.32. The van der Waals surface area contributed by atoms with Crippen molar-refractivity contribution in [3.63, 3.8) is 0 Å². The Bertz CT molecular complexity index is 499. The summed E-state index contributed by atoms with van der Waals surface area (Å²) in [5, 5.41) is 12.2. The maximum absolute atomic E-state index is 8.64. The molecule has 0 bridgehead atoms. The third-order valence-electron chi connectivity index (χ3n) is 1.68. The summed E-state index contributed by atoms with van der Waals surface area (Å²) >= 11 is 2.59.